The number of benzene rings is 1. The molecule has 0 amide bonds. The van der Waals surface area contributed by atoms with Gasteiger partial charge in [0.1, 0.15) is 0 Å². The fourth-order valence-corrected chi connectivity index (χ4v) is 2.81. The Balaban J connectivity index is 2.14. The van der Waals surface area contributed by atoms with Crippen molar-refractivity contribution < 1.29 is 23.1 Å². The molecule has 0 atom stereocenters. The second-order valence-electron chi connectivity index (χ2n) is 4.35. The first-order valence-electron chi connectivity index (χ1n) is 5.63. The molecule has 6 heteroatoms. The van der Waals surface area contributed by atoms with Gasteiger partial charge in [-0.2, -0.15) is 0 Å². The molecular formula is C12H14O5S. The zero-order valence-electron chi connectivity index (χ0n) is 9.70. The zero-order valence-corrected chi connectivity index (χ0v) is 10.5. The van der Waals surface area contributed by atoms with E-state index in [-0.39, 0.29) is 10.5 Å². The van der Waals surface area contributed by atoms with E-state index in [1.165, 1.54) is 24.3 Å². The van der Waals surface area contributed by atoms with Crippen molar-refractivity contribution in [3.63, 3.8) is 0 Å². The van der Waals surface area contributed by atoms with Crippen LogP contribution in [0.1, 0.15) is 23.2 Å². The highest BCUT2D eigenvalue weighted by molar-refractivity contribution is 7.91. The van der Waals surface area contributed by atoms with Crippen LogP contribution in [-0.4, -0.2) is 32.0 Å². The minimum atomic E-state index is -3.71. The van der Waals surface area contributed by atoms with Crippen molar-refractivity contribution in [3.05, 3.63) is 29.8 Å². The summed E-state index contributed by atoms with van der Waals surface area (Å²) in [5, 5.41) is 8.95. The Morgan fingerprint density at radius 3 is 2.61 bits per heavy atom. The minimum absolute atomic E-state index is 0.187. The second-order valence-corrected chi connectivity index (χ2v) is 6.25. The van der Waals surface area contributed by atoms with Gasteiger partial charge in [0, 0.05) is 0 Å². The van der Waals surface area contributed by atoms with Gasteiger partial charge in [-0.1, -0.05) is 12.1 Å². The van der Waals surface area contributed by atoms with Gasteiger partial charge < -0.3 is 9.84 Å². The Labute approximate surface area is 105 Å². The number of carboxylic acids is 1. The topological polar surface area (TPSA) is 80.7 Å². The molecule has 0 saturated heterocycles. The largest absolute Gasteiger partial charge is 0.478 e. The van der Waals surface area contributed by atoms with Crippen molar-refractivity contribution in [1.29, 1.82) is 0 Å². The molecular weight excluding hydrogens is 256 g/mol. The SMILES string of the molecule is O=C(O)c1ccccc1S(=O)(=O)COCC1CC1. The molecule has 0 heterocycles. The molecule has 1 aliphatic rings. The number of carbonyl (C=O) groups is 1. The Morgan fingerprint density at radius 2 is 2.00 bits per heavy atom. The molecule has 2 rings (SSSR count). The summed E-state index contributed by atoms with van der Waals surface area (Å²) in [5.41, 5.74) is -0.215. The van der Waals surface area contributed by atoms with Gasteiger partial charge in [-0.05, 0) is 30.9 Å². The van der Waals surface area contributed by atoms with Crippen LogP contribution in [0.4, 0.5) is 0 Å². The molecule has 1 fully saturated rings. The van der Waals surface area contributed by atoms with E-state index in [1.807, 2.05) is 0 Å². The maximum atomic E-state index is 12.0. The highest BCUT2D eigenvalue weighted by Crippen LogP contribution is 2.29. The molecule has 0 aromatic heterocycles. The lowest BCUT2D eigenvalue weighted by Crippen LogP contribution is -2.15. The standard InChI is InChI=1S/C12H14O5S/c13-12(14)10-3-1-2-4-11(10)18(15,16)8-17-7-9-5-6-9/h1-4,9H,5-8H2,(H,13,14). The van der Waals surface area contributed by atoms with E-state index in [0.29, 0.717) is 12.5 Å². The van der Waals surface area contributed by atoms with E-state index in [1.54, 1.807) is 0 Å². The fourth-order valence-electron chi connectivity index (χ4n) is 1.59. The van der Waals surface area contributed by atoms with Gasteiger partial charge in [0.15, 0.2) is 5.94 Å². The number of carboxylic acid groups (broad SMARTS) is 1. The number of ether oxygens (including phenoxy) is 1. The summed E-state index contributed by atoms with van der Waals surface area (Å²) >= 11 is 0. The highest BCUT2D eigenvalue weighted by atomic mass is 32.2. The van der Waals surface area contributed by atoms with Crippen molar-refractivity contribution in [2.75, 3.05) is 12.5 Å². The van der Waals surface area contributed by atoms with Gasteiger partial charge in [0.25, 0.3) is 0 Å². The molecule has 1 aromatic carbocycles. The first kappa shape index (κ1) is 13.0. The van der Waals surface area contributed by atoms with Crippen molar-refractivity contribution in [2.24, 2.45) is 5.92 Å². The van der Waals surface area contributed by atoms with E-state index in [9.17, 15) is 13.2 Å². The average Bonchev–Trinajstić information content (AvgIpc) is 3.13. The molecule has 0 radical (unpaired) electrons. The van der Waals surface area contributed by atoms with Crippen molar-refractivity contribution >= 4 is 15.8 Å². The molecule has 0 bridgehead atoms. The highest BCUT2D eigenvalue weighted by Gasteiger charge is 2.25. The van der Waals surface area contributed by atoms with Crippen LogP contribution in [-0.2, 0) is 14.6 Å². The van der Waals surface area contributed by atoms with Crippen molar-refractivity contribution in [1.82, 2.24) is 0 Å². The van der Waals surface area contributed by atoms with Crippen LogP contribution in [0.25, 0.3) is 0 Å². The number of sulfone groups is 1. The van der Waals surface area contributed by atoms with Crippen LogP contribution in [0.3, 0.4) is 0 Å². The maximum absolute atomic E-state index is 12.0. The molecule has 1 aromatic rings. The summed E-state index contributed by atoms with van der Waals surface area (Å²) in [6.07, 6.45) is 2.15. The lowest BCUT2D eigenvalue weighted by molar-refractivity contribution is 0.0692. The van der Waals surface area contributed by atoms with E-state index >= 15 is 0 Å². The predicted molar refractivity (Wildman–Crippen MR) is 64.1 cm³/mol. The molecule has 5 nitrogen and oxygen atoms in total. The normalized spacial score (nSPS) is 15.6. The predicted octanol–water partition coefficient (Wildman–Crippen LogP) is 1.54. The van der Waals surface area contributed by atoms with Crippen molar-refractivity contribution in [2.45, 2.75) is 17.7 Å². The van der Waals surface area contributed by atoms with E-state index in [2.05, 4.69) is 0 Å². The van der Waals surface area contributed by atoms with E-state index < -0.39 is 21.7 Å². The van der Waals surface area contributed by atoms with Gasteiger partial charge in [-0.15, -0.1) is 0 Å². The van der Waals surface area contributed by atoms with Gasteiger partial charge in [0.2, 0.25) is 9.84 Å². The number of rotatable bonds is 6. The summed E-state index contributed by atoms with van der Waals surface area (Å²) in [5.74, 6) is -1.25. The van der Waals surface area contributed by atoms with Crippen LogP contribution in [0.2, 0.25) is 0 Å². The zero-order chi connectivity index (χ0) is 13.2. The molecule has 0 spiro atoms. The monoisotopic (exact) mass is 270 g/mol. The summed E-state index contributed by atoms with van der Waals surface area (Å²) < 4.78 is 29.1. The van der Waals surface area contributed by atoms with Gasteiger partial charge in [-0.25, -0.2) is 13.2 Å². The maximum Gasteiger partial charge on any atom is 0.337 e. The Hall–Kier alpha value is -1.40. The van der Waals surface area contributed by atoms with E-state index in [0.717, 1.165) is 12.8 Å². The second kappa shape index (κ2) is 5.07. The average molecular weight is 270 g/mol. The molecule has 1 N–H and O–H groups in total. The summed E-state index contributed by atoms with van der Waals surface area (Å²) in [6.45, 7) is 0.425. The summed E-state index contributed by atoms with van der Waals surface area (Å²) in [6, 6.07) is 5.56. The van der Waals surface area contributed by atoms with Crippen LogP contribution in [0.15, 0.2) is 29.2 Å². The van der Waals surface area contributed by atoms with Crippen LogP contribution in [0.5, 0.6) is 0 Å². The molecule has 0 unspecified atom stereocenters. The van der Waals surface area contributed by atoms with Gasteiger partial charge >= 0.3 is 5.97 Å². The molecule has 18 heavy (non-hydrogen) atoms. The third-order valence-corrected chi connectivity index (χ3v) is 4.24. The molecule has 98 valence electrons. The van der Waals surface area contributed by atoms with Crippen LogP contribution < -0.4 is 0 Å². The van der Waals surface area contributed by atoms with Crippen LogP contribution >= 0.6 is 0 Å². The fraction of sp³-hybridized carbons (Fsp3) is 0.417. The Bertz CT molecular complexity index is 545. The van der Waals surface area contributed by atoms with Crippen molar-refractivity contribution in [3.8, 4) is 0 Å². The lowest BCUT2D eigenvalue weighted by atomic mass is 10.2. The number of hydrogen-bond acceptors (Lipinski definition) is 4. The summed E-state index contributed by atoms with van der Waals surface area (Å²) in [4.78, 5) is 10.8. The van der Waals surface area contributed by atoms with E-state index in [4.69, 9.17) is 9.84 Å². The lowest BCUT2D eigenvalue weighted by Gasteiger charge is -2.08. The third kappa shape index (κ3) is 3.08. The van der Waals surface area contributed by atoms with Crippen LogP contribution in [0, 0.1) is 5.92 Å². The smallest absolute Gasteiger partial charge is 0.337 e. The molecule has 0 aliphatic heterocycles. The molecule has 1 aliphatic carbocycles. The quantitative estimate of drug-likeness (QED) is 0.848. The van der Waals surface area contributed by atoms with Gasteiger partial charge in [0.05, 0.1) is 17.1 Å². The Morgan fingerprint density at radius 1 is 1.33 bits per heavy atom. The number of aromatic carboxylic acids is 1. The first-order valence-corrected chi connectivity index (χ1v) is 7.29. The first-order chi connectivity index (χ1) is 8.50. The Kier molecular flexibility index (Phi) is 3.68. The number of hydrogen-bond donors (Lipinski definition) is 1. The molecule has 1 saturated carbocycles. The minimum Gasteiger partial charge on any atom is -0.478 e. The summed E-state index contributed by atoms with van der Waals surface area (Å²) in [7, 11) is -3.71. The third-order valence-electron chi connectivity index (χ3n) is 2.74. The van der Waals surface area contributed by atoms with Gasteiger partial charge in [-0.3, -0.25) is 0 Å².